The number of likely N-dealkylation sites (N-methyl/N-ethyl adjacent to an activating group) is 1. The molecule has 0 bridgehead atoms. The minimum Gasteiger partial charge on any atom is -0.486 e. The van der Waals surface area contributed by atoms with E-state index in [1.54, 1.807) is 16.2 Å². The van der Waals surface area contributed by atoms with Gasteiger partial charge in [0, 0.05) is 19.0 Å². The van der Waals surface area contributed by atoms with E-state index in [-0.39, 0.29) is 12.5 Å². The molecular formula is C18H24N2O3S. The summed E-state index contributed by atoms with van der Waals surface area (Å²) >= 11 is 1.55. The normalized spacial score (nSPS) is 10.7. The summed E-state index contributed by atoms with van der Waals surface area (Å²) < 4.78 is 10.8. The van der Waals surface area contributed by atoms with Crippen LogP contribution in [-0.2, 0) is 22.7 Å². The molecule has 2 rings (SSSR count). The second kappa shape index (κ2) is 8.80. The third-order valence-corrected chi connectivity index (χ3v) is 4.73. The summed E-state index contributed by atoms with van der Waals surface area (Å²) in [6, 6.07) is 6.03. The van der Waals surface area contributed by atoms with Gasteiger partial charge in [0.1, 0.15) is 24.0 Å². The summed E-state index contributed by atoms with van der Waals surface area (Å²) in [5.74, 6) is 0.860. The Hall–Kier alpha value is -1.92. The van der Waals surface area contributed by atoms with Crippen LogP contribution in [0, 0.1) is 13.8 Å². The lowest BCUT2D eigenvalue weighted by molar-refractivity contribution is -0.135. The van der Waals surface area contributed by atoms with Crippen LogP contribution in [0.1, 0.15) is 28.8 Å². The summed E-state index contributed by atoms with van der Waals surface area (Å²) in [4.78, 5) is 18.2. The zero-order valence-corrected chi connectivity index (χ0v) is 15.5. The minimum atomic E-state index is -0.0267. The number of rotatable bonds is 8. The molecule has 0 aliphatic rings. The molecule has 24 heavy (non-hydrogen) atoms. The first-order valence-corrected chi connectivity index (χ1v) is 8.82. The van der Waals surface area contributed by atoms with Gasteiger partial charge in [-0.3, -0.25) is 4.79 Å². The van der Waals surface area contributed by atoms with E-state index in [9.17, 15) is 4.79 Å². The summed E-state index contributed by atoms with van der Waals surface area (Å²) in [7, 11) is 1.53. The van der Waals surface area contributed by atoms with Crippen LogP contribution >= 0.6 is 11.3 Å². The molecule has 6 heteroatoms. The number of ether oxygens (including phenoxy) is 2. The van der Waals surface area contributed by atoms with Gasteiger partial charge in [0.2, 0.25) is 5.91 Å². The summed E-state index contributed by atoms with van der Waals surface area (Å²) in [6.45, 7) is 7.74. The first kappa shape index (κ1) is 18.4. The highest BCUT2D eigenvalue weighted by atomic mass is 32.1. The Balaban J connectivity index is 1.95. The van der Waals surface area contributed by atoms with Crippen LogP contribution in [0.15, 0.2) is 23.6 Å². The average molecular weight is 348 g/mol. The molecule has 0 radical (unpaired) electrons. The standard InChI is InChI=1S/C18H24N2O3S/c1-5-20(18(21)11-22-4)9-15-12-24-17(19-15)10-23-16-8-6-7-13(2)14(16)3/h6-8,12H,5,9-11H2,1-4H3. The van der Waals surface area contributed by atoms with Crippen molar-refractivity contribution in [2.24, 2.45) is 0 Å². The molecule has 0 fully saturated rings. The smallest absolute Gasteiger partial charge is 0.248 e. The first-order valence-electron chi connectivity index (χ1n) is 7.94. The van der Waals surface area contributed by atoms with Gasteiger partial charge in [0.15, 0.2) is 0 Å². The number of carbonyl (C=O) groups is 1. The maximum absolute atomic E-state index is 11.9. The van der Waals surface area contributed by atoms with Gasteiger partial charge < -0.3 is 14.4 Å². The molecule has 1 aromatic heterocycles. The molecule has 0 atom stereocenters. The van der Waals surface area contributed by atoms with Crippen molar-refractivity contribution in [2.45, 2.75) is 33.9 Å². The van der Waals surface area contributed by atoms with Gasteiger partial charge in [-0.25, -0.2) is 4.98 Å². The molecule has 1 heterocycles. The van der Waals surface area contributed by atoms with Gasteiger partial charge in [-0.2, -0.15) is 0 Å². The molecule has 0 aliphatic heterocycles. The number of methoxy groups -OCH3 is 1. The van der Waals surface area contributed by atoms with Gasteiger partial charge >= 0.3 is 0 Å². The van der Waals surface area contributed by atoms with E-state index < -0.39 is 0 Å². The predicted octanol–water partition coefficient (Wildman–Crippen LogP) is 3.33. The van der Waals surface area contributed by atoms with Crippen molar-refractivity contribution in [1.82, 2.24) is 9.88 Å². The van der Waals surface area contributed by atoms with Gasteiger partial charge in [-0.05, 0) is 38.0 Å². The molecule has 0 aliphatic carbocycles. The van der Waals surface area contributed by atoms with Gasteiger partial charge in [0.25, 0.3) is 0 Å². The van der Waals surface area contributed by atoms with E-state index in [1.165, 1.54) is 12.7 Å². The van der Waals surface area contributed by atoms with Crippen LogP contribution in [0.4, 0.5) is 0 Å². The van der Waals surface area contributed by atoms with E-state index in [1.807, 2.05) is 24.4 Å². The van der Waals surface area contributed by atoms with Crippen LogP contribution in [-0.4, -0.2) is 36.1 Å². The molecule has 5 nitrogen and oxygen atoms in total. The molecule has 0 unspecified atom stereocenters. The Morgan fingerprint density at radius 3 is 2.83 bits per heavy atom. The maximum atomic E-state index is 11.9. The summed E-state index contributed by atoms with van der Waals surface area (Å²) in [6.07, 6.45) is 0. The fourth-order valence-electron chi connectivity index (χ4n) is 2.29. The van der Waals surface area contributed by atoms with Gasteiger partial charge in [-0.1, -0.05) is 12.1 Å². The molecular weight excluding hydrogens is 324 g/mol. The number of thiazole rings is 1. The van der Waals surface area contributed by atoms with Crippen LogP contribution in [0.5, 0.6) is 5.75 Å². The number of aromatic nitrogens is 1. The molecule has 2 aromatic rings. The maximum Gasteiger partial charge on any atom is 0.248 e. The molecule has 130 valence electrons. The number of carbonyl (C=O) groups excluding carboxylic acids is 1. The number of amides is 1. The first-order chi connectivity index (χ1) is 11.5. The second-order valence-electron chi connectivity index (χ2n) is 5.56. The third kappa shape index (κ3) is 4.79. The highest BCUT2D eigenvalue weighted by molar-refractivity contribution is 7.09. The molecule has 1 amide bonds. The van der Waals surface area contributed by atoms with Crippen LogP contribution in [0.2, 0.25) is 0 Å². The number of hydrogen-bond acceptors (Lipinski definition) is 5. The van der Waals surface area contributed by atoms with Crippen molar-refractivity contribution in [3.63, 3.8) is 0 Å². The highest BCUT2D eigenvalue weighted by Gasteiger charge is 2.14. The fourth-order valence-corrected chi connectivity index (χ4v) is 2.99. The largest absolute Gasteiger partial charge is 0.486 e. The number of benzene rings is 1. The highest BCUT2D eigenvalue weighted by Crippen LogP contribution is 2.22. The van der Waals surface area contributed by atoms with Crippen molar-refractivity contribution in [1.29, 1.82) is 0 Å². The van der Waals surface area contributed by atoms with E-state index in [0.717, 1.165) is 22.0 Å². The van der Waals surface area contributed by atoms with Crippen molar-refractivity contribution in [2.75, 3.05) is 20.3 Å². The summed E-state index contributed by atoms with van der Waals surface area (Å²) in [5.41, 5.74) is 3.24. The zero-order chi connectivity index (χ0) is 17.5. The Labute approximate surface area is 147 Å². The quantitative estimate of drug-likeness (QED) is 0.734. The molecule has 0 N–H and O–H groups in total. The zero-order valence-electron chi connectivity index (χ0n) is 14.7. The number of hydrogen-bond donors (Lipinski definition) is 0. The Bertz CT molecular complexity index is 685. The molecule has 0 saturated carbocycles. The number of nitrogens with zero attached hydrogens (tertiary/aromatic N) is 2. The topological polar surface area (TPSA) is 51.7 Å². The van der Waals surface area contributed by atoms with Gasteiger partial charge in [-0.15, -0.1) is 11.3 Å². The third-order valence-electron chi connectivity index (χ3n) is 3.86. The Morgan fingerprint density at radius 2 is 2.12 bits per heavy atom. The average Bonchev–Trinajstić information content (AvgIpc) is 3.01. The molecule has 1 aromatic carbocycles. The van der Waals surface area contributed by atoms with Crippen LogP contribution in [0.3, 0.4) is 0 Å². The second-order valence-corrected chi connectivity index (χ2v) is 6.50. The SMILES string of the molecule is CCN(Cc1csc(COc2cccc(C)c2C)n1)C(=O)COC. The monoisotopic (exact) mass is 348 g/mol. The van der Waals surface area contributed by atoms with Crippen LogP contribution < -0.4 is 4.74 Å². The lowest BCUT2D eigenvalue weighted by atomic mass is 10.1. The molecule has 0 saturated heterocycles. The van der Waals surface area contributed by atoms with Crippen molar-refractivity contribution < 1.29 is 14.3 Å². The van der Waals surface area contributed by atoms with Gasteiger partial charge in [0.05, 0.1) is 12.2 Å². The number of aryl methyl sites for hydroxylation is 1. The Kier molecular flexibility index (Phi) is 6.75. The fraction of sp³-hybridized carbons (Fsp3) is 0.444. The van der Waals surface area contributed by atoms with E-state index in [2.05, 4.69) is 24.9 Å². The lowest BCUT2D eigenvalue weighted by Crippen LogP contribution is -2.33. The summed E-state index contributed by atoms with van der Waals surface area (Å²) in [5, 5.41) is 2.88. The van der Waals surface area contributed by atoms with Crippen molar-refractivity contribution in [3.05, 3.63) is 45.4 Å². The van der Waals surface area contributed by atoms with Crippen LogP contribution in [0.25, 0.3) is 0 Å². The van der Waals surface area contributed by atoms with E-state index >= 15 is 0 Å². The van der Waals surface area contributed by atoms with E-state index in [4.69, 9.17) is 9.47 Å². The predicted molar refractivity (Wildman–Crippen MR) is 95.3 cm³/mol. The van der Waals surface area contributed by atoms with Crippen molar-refractivity contribution in [3.8, 4) is 5.75 Å². The van der Waals surface area contributed by atoms with Crippen molar-refractivity contribution >= 4 is 17.2 Å². The van der Waals surface area contributed by atoms with E-state index in [0.29, 0.717) is 19.7 Å². The minimum absolute atomic E-state index is 0.0267. The molecule has 0 spiro atoms. The Morgan fingerprint density at radius 1 is 1.33 bits per heavy atom. The lowest BCUT2D eigenvalue weighted by Gasteiger charge is -2.19.